The number of ether oxygens (including phenoxy) is 2. The molecule has 0 aromatic heterocycles. The largest absolute Gasteiger partial charge is 1.00 e. The first kappa shape index (κ1) is 35.4. The third-order valence-electron chi connectivity index (χ3n) is 7.91. The van der Waals surface area contributed by atoms with Gasteiger partial charge in [0.2, 0.25) is 0 Å². The van der Waals surface area contributed by atoms with E-state index in [2.05, 4.69) is 19.2 Å². The Morgan fingerprint density at radius 2 is 1.80 bits per heavy atom. The first-order chi connectivity index (χ1) is 19.3. The molecule has 0 heterocycles. The van der Waals surface area contributed by atoms with Crippen molar-refractivity contribution in [1.82, 2.24) is 5.32 Å². The summed E-state index contributed by atoms with van der Waals surface area (Å²) in [5.41, 5.74) is 4.13. The van der Waals surface area contributed by atoms with Crippen LogP contribution in [0.5, 0.6) is 0 Å². The van der Waals surface area contributed by atoms with Gasteiger partial charge in [0.25, 0.3) is 5.91 Å². The molecular formula is C33H46LiNO5S. The Labute approximate surface area is 262 Å². The van der Waals surface area contributed by atoms with Crippen LogP contribution in [-0.4, -0.2) is 48.7 Å². The fourth-order valence-corrected chi connectivity index (χ4v) is 5.75. The molecule has 6 nitrogen and oxygen atoms in total. The molecule has 0 radical (unpaired) electrons. The zero-order valence-corrected chi connectivity index (χ0v) is 26.4. The number of carbonyl (C=O) groups excluding carboxylic acids is 2. The van der Waals surface area contributed by atoms with Crippen LogP contribution in [0.4, 0.5) is 0 Å². The summed E-state index contributed by atoms with van der Waals surface area (Å²) in [6.45, 7) is 7.23. The monoisotopic (exact) mass is 575 g/mol. The number of carbonyl (C=O) groups is 2. The number of nitrogens with one attached hydrogen (secondary N) is 1. The maximum absolute atomic E-state index is 13.3. The molecule has 1 aliphatic rings. The van der Waals surface area contributed by atoms with Crippen LogP contribution in [-0.2, 0) is 20.9 Å². The topological polar surface area (TPSA) is 87.7 Å². The fourth-order valence-electron chi connectivity index (χ4n) is 5.28. The number of hydrogen-bond acceptors (Lipinski definition) is 6. The first-order valence-electron chi connectivity index (χ1n) is 14.7. The molecule has 1 saturated carbocycles. The summed E-state index contributed by atoms with van der Waals surface area (Å²) in [7, 11) is 0. The van der Waals surface area contributed by atoms with Gasteiger partial charge in [-0.2, -0.15) is 11.8 Å². The molecule has 1 amide bonds. The van der Waals surface area contributed by atoms with Crippen molar-refractivity contribution in [2.75, 3.05) is 18.6 Å². The molecule has 0 bridgehead atoms. The number of aliphatic carboxylic acids is 1. The number of carboxylic acid groups (broad SMARTS) is 1. The van der Waals surface area contributed by atoms with Crippen molar-refractivity contribution < 1.29 is 43.0 Å². The van der Waals surface area contributed by atoms with E-state index in [1.54, 1.807) is 6.07 Å². The van der Waals surface area contributed by atoms with E-state index >= 15 is 0 Å². The molecule has 8 heteroatoms. The second-order valence-electron chi connectivity index (χ2n) is 11.0. The van der Waals surface area contributed by atoms with Gasteiger partial charge in [-0.1, -0.05) is 69.4 Å². The quantitative estimate of drug-likeness (QED) is 0.310. The first-order valence-corrected chi connectivity index (χ1v) is 16.1. The van der Waals surface area contributed by atoms with Crippen LogP contribution in [0.1, 0.15) is 86.7 Å². The van der Waals surface area contributed by atoms with Crippen LogP contribution < -0.4 is 29.3 Å². The molecule has 1 aliphatic carbocycles. The summed E-state index contributed by atoms with van der Waals surface area (Å²) in [6.07, 6.45) is 10.8. The molecule has 41 heavy (non-hydrogen) atoms. The molecule has 1 unspecified atom stereocenters. The molecular weight excluding hydrogens is 529 g/mol. The average Bonchev–Trinajstić information content (AvgIpc) is 2.96. The number of thioether (sulfide) groups is 1. The number of benzene rings is 2. The molecule has 0 saturated heterocycles. The standard InChI is InChI=1S/C33H47NO5S.Li/c1-5-24(3)38-22-27(19-25-12-7-6-8-13-25)39-21-26-15-16-29(30(20-26)28-14-10-9-11-23(28)2)32(35)34-31(33(36)37)17-18-40-4;/h9-11,14-16,20,24-25,27,31H,5-8,12-13,17-19,21-22H2,1-4H3,(H,34,35)(H,36,37);/q;+1/p-1/t24?,27-,31-;/m0./s1. The van der Waals surface area contributed by atoms with E-state index in [0.29, 0.717) is 36.9 Å². The summed E-state index contributed by atoms with van der Waals surface area (Å²) < 4.78 is 12.6. The Hall–Kier alpha value is -1.75. The van der Waals surface area contributed by atoms with Crippen LogP contribution in [0, 0.1) is 12.8 Å². The molecule has 1 N–H and O–H groups in total. The zero-order chi connectivity index (χ0) is 28.9. The second kappa shape index (κ2) is 18.7. The van der Waals surface area contributed by atoms with E-state index in [4.69, 9.17) is 9.47 Å². The van der Waals surface area contributed by atoms with Crippen molar-refractivity contribution in [1.29, 1.82) is 0 Å². The molecule has 2 aromatic carbocycles. The minimum absolute atomic E-state index is 0. The van der Waals surface area contributed by atoms with Gasteiger partial charge in [-0.05, 0) is 85.4 Å². The van der Waals surface area contributed by atoms with Gasteiger partial charge in [0.05, 0.1) is 37.4 Å². The van der Waals surface area contributed by atoms with Gasteiger partial charge in [0, 0.05) is 5.56 Å². The summed E-state index contributed by atoms with van der Waals surface area (Å²) in [5.74, 6) is -0.398. The van der Waals surface area contributed by atoms with Gasteiger partial charge in [-0.25, -0.2) is 0 Å². The number of amides is 1. The van der Waals surface area contributed by atoms with Gasteiger partial charge >= 0.3 is 18.9 Å². The molecule has 2 aromatic rings. The zero-order valence-electron chi connectivity index (χ0n) is 25.6. The Morgan fingerprint density at radius 3 is 2.46 bits per heavy atom. The Morgan fingerprint density at radius 1 is 1.07 bits per heavy atom. The van der Waals surface area contributed by atoms with E-state index in [0.717, 1.165) is 35.1 Å². The SMILES string of the molecule is CCC(C)OC[C@H](CC1CCCCC1)OCc1ccc(C(=O)N[C@@H](CCSC)C(=O)[O-])c(-c2ccccc2C)c1.[Li+]. The van der Waals surface area contributed by atoms with Crippen LogP contribution in [0.25, 0.3) is 11.1 Å². The number of hydrogen-bond donors (Lipinski definition) is 1. The predicted molar refractivity (Wildman–Crippen MR) is 161 cm³/mol. The number of aryl methyl sites for hydroxylation is 1. The third-order valence-corrected chi connectivity index (χ3v) is 8.56. The molecule has 0 spiro atoms. The van der Waals surface area contributed by atoms with Crippen molar-refractivity contribution in [3.8, 4) is 11.1 Å². The van der Waals surface area contributed by atoms with Gasteiger partial charge in [-0.15, -0.1) is 0 Å². The molecule has 1 fully saturated rings. The van der Waals surface area contributed by atoms with E-state index in [1.165, 1.54) is 43.9 Å². The molecule has 3 rings (SSSR count). The Balaban J connectivity index is 0.00000588. The van der Waals surface area contributed by atoms with Crippen molar-refractivity contribution >= 4 is 23.6 Å². The molecule has 3 atom stereocenters. The summed E-state index contributed by atoms with van der Waals surface area (Å²) in [6, 6.07) is 12.5. The van der Waals surface area contributed by atoms with Gasteiger partial charge in [-0.3, -0.25) is 4.79 Å². The summed E-state index contributed by atoms with van der Waals surface area (Å²) >= 11 is 1.53. The van der Waals surface area contributed by atoms with E-state index in [9.17, 15) is 14.7 Å². The number of rotatable bonds is 16. The van der Waals surface area contributed by atoms with Crippen molar-refractivity contribution in [3.63, 3.8) is 0 Å². The normalized spacial score (nSPS) is 15.9. The Kier molecular flexibility index (Phi) is 16.2. The minimum Gasteiger partial charge on any atom is -0.548 e. The predicted octanol–water partition coefficient (Wildman–Crippen LogP) is 2.94. The average molecular weight is 576 g/mol. The summed E-state index contributed by atoms with van der Waals surface area (Å²) in [5, 5.41) is 14.4. The van der Waals surface area contributed by atoms with Crippen LogP contribution in [0.3, 0.4) is 0 Å². The van der Waals surface area contributed by atoms with Crippen LogP contribution in [0.15, 0.2) is 42.5 Å². The maximum atomic E-state index is 13.3. The molecule has 220 valence electrons. The van der Waals surface area contributed by atoms with Crippen LogP contribution >= 0.6 is 11.8 Å². The van der Waals surface area contributed by atoms with Crippen LogP contribution in [0.2, 0.25) is 0 Å². The third kappa shape index (κ3) is 11.5. The maximum Gasteiger partial charge on any atom is 1.00 e. The fraction of sp³-hybridized carbons (Fsp3) is 0.576. The van der Waals surface area contributed by atoms with Crippen molar-refractivity contribution in [2.24, 2.45) is 5.92 Å². The van der Waals surface area contributed by atoms with Gasteiger partial charge < -0.3 is 24.7 Å². The van der Waals surface area contributed by atoms with E-state index in [-0.39, 0.29) is 31.1 Å². The van der Waals surface area contributed by atoms with Gasteiger partial charge in [0.15, 0.2) is 0 Å². The smallest absolute Gasteiger partial charge is 0.548 e. The summed E-state index contributed by atoms with van der Waals surface area (Å²) in [4.78, 5) is 25.0. The Bertz CT molecular complexity index is 1090. The number of carboxylic acids is 1. The molecule has 0 aliphatic heterocycles. The van der Waals surface area contributed by atoms with Crippen molar-refractivity contribution in [2.45, 2.75) is 97.0 Å². The van der Waals surface area contributed by atoms with Crippen molar-refractivity contribution in [3.05, 3.63) is 59.2 Å². The van der Waals surface area contributed by atoms with E-state index < -0.39 is 17.9 Å². The second-order valence-corrected chi connectivity index (χ2v) is 12.0. The minimum atomic E-state index is -1.27. The van der Waals surface area contributed by atoms with Gasteiger partial charge in [0.1, 0.15) is 0 Å². The van der Waals surface area contributed by atoms with E-state index in [1.807, 2.05) is 49.6 Å².